The Hall–Kier alpha value is -3.29. The zero-order valence-electron chi connectivity index (χ0n) is 15.7. The van der Waals surface area contributed by atoms with Gasteiger partial charge < -0.3 is 14.5 Å². The quantitative estimate of drug-likeness (QED) is 0.482. The molecule has 0 aliphatic carbocycles. The molecule has 3 aromatic rings. The van der Waals surface area contributed by atoms with Crippen LogP contribution in [0.5, 0.6) is 5.75 Å². The monoisotopic (exact) mass is 405 g/mol. The molecule has 0 saturated carbocycles. The van der Waals surface area contributed by atoms with Crippen LogP contribution in [-0.4, -0.2) is 12.0 Å². The van der Waals surface area contributed by atoms with Gasteiger partial charge in [-0.1, -0.05) is 13.3 Å². The van der Waals surface area contributed by atoms with Gasteiger partial charge in [0, 0.05) is 17.5 Å². The van der Waals surface area contributed by atoms with E-state index in [0.29, 0.717) is 18.1 Å². The van der Waals surface area contributed by atoms with Gasteiger partial charge in [-0.15, -0.1) is 0 Å². The van der Waals surface area contributed by atoms with Gasteiger partial charge in [0.25, 0.3) is 5.91 Å². The van der Waals surface area contributed by atoms with Crippen molar-refractivity contribution in [1.82, 2.24) is 0 Å². The lowest BCUT2D eigenvalue weighted by Gasteiger charge is -2.15. The van der Waals surface area contributed by atoms with Crippen molar-refractivity contribution in [2.24, 2.45) is 0 Å². The number of fused-ring (bicyclic) bond motifs is 1. The van der Waals surface area contributed by atoms with Crippen molar-refractivity contribution < 1.29 is 27.1 Å². The van der Waals surface area contributed by atoms with Gasteiger partial charge >= 0.3 is 5.63 Å². The number of nitrogens with one attached hydrogen (secondary N) is 1. The highest BCUT2D eigenvalue weighted by Gasteiger charge is 2.20. The van der Waals surface area contributed by atoms with Crippen LogP contribution in [0.1, 0.15) is 25.8 Å². The second-order valence-corrected chi connectivity index (χ2v) is 6.47. The van der Waals surface area contributed by atoms with Crippen LogP contribution >= 0.6 is 0 Å². The molecular weight excluding hydrogens is 387 g/mol. The lowest BCUT2D eigenvalue weighted by Crippen LogP contribution is -2.30. The Morgan fingerprint density at radius 1 is 1.14 bits per heavy atom. The van der Waals surface area contributed by atoms with Gasteiger partial charge in [0.2, 0.25) is 0 Å². The maximum atomic E-state index is 13.7. The molecule has 2 aromatic carbocycles. The lowest BCUT2D eigenvalue weighted by molar-refractivity contribution is -0.122. The third-order valence-corrected chi connectivity index (χ3v) is 4.30. The van der Waals surface area contributed by atoms with Crippen LogP contribution in [0.3, 0.4) is 0 Å². The third kappa shape index (κ3) is 4.42. The number of anilines is 1. The SMILES string of the molecule is CCCc1cc(=O)oc2cc(O[C@@H](C)C(=O)Nc3ccc(F)c(F)c3F)ccc12. The Morgan fingerprint density at radius 3 is 2.62 bits per heavy atom. The molecule has 0 aliphatic rings. The number of hydrogen-bond acceptors (Lipinski definition) is 4. The minimum Gasteiger partial charge on any atom is -0.481 e. The van der Waals surface area contributed by atoms with E-state index in [1.165, 1.54) is 19.1 Å². The number of rotatable bonds is 6. The molecule has 1 aromatic heterocycles. The minimum atomic E-state index is -1.68. The predicted molar refractivity (Wildman–Crippen MR) is 102 cm³/mol. The highest BCUT2D eigenvalue weighted by atomic mass is 19.2. The Morgan fingerprint density at radius 2 is 1.90 bits per heavy atom. The highest BCUT2D eigenvalue weighted by Crippen LogP contribution is 2.25. The summed E-state index contributed by atoms with van der Waals surface area (Å²) in [6, 6.07) is 7.88. The third-order valence-electron chi connectivity index (χ3n) is 4.30. The van der Waals surface area contributed by atoms with E-state index in [0.717, 1.165) is 23.4 Å². The highest BCUT2D eigenvalue weighted by molar-refractivity contribution is 5.94. The molecule has 29 heavy (non-hydrogen) atoms. The van der Waals surface area contributed by atoms with Gasteiger partial charge in [-0.05, 0) is 43.2 Å². The Balaban J connectivity index is 1.78. The maximum Gasteiger partial charge on any atom is 0.336 e. The molecule has 152 valence electrons. The number of benzene rings is 2. The number of carbonyl (C=O) groups is 1. The molecule has 0 radical (unpaired) electrons. The van der Waals surface area contributed by atoms with Crippen LogP contribution in [0.2, 0.25) is 0 Å². The maximum absolute atomic E-state index is 13.7. The fourth-order valence-electron chi connectivity index (χ4n) is 2.87. The van der Waals surface area contributed by atoms with Crippen molar-refractivity contribution in [3.63, 3.8) is 0 Å². The summed E-state index contributed by atoms with van der Waals surface area (Å²) in [5.74, 6) is -5.05. The topological polar surface area (TPSA) is 68.5 Å². The first-order valence-electron chi connectivity index (χ1n) is 8.98. The zero-order chi connectivity index (χ0) is 21.1. The molecule has 1 amide bonds. The molecule has 0 unspecified atom stereocenters. The normalized spacial score (nSPS) is 12.0. The molecule has 8 heteroatoms. The fraction of sp³-hybridized carbons (Fsp3) is 0.238. The summed E-state index contributed by atoms with van der Waals surface area (Å²) in [5, 5.41) is 2.92. The van der Waals surface area contributed by atoms with Crippen molar-refractivity contribution in [1.29, 1.82) is 0 Å². The van der Waals surface area contributed by atoms with Crippen LogP contribution in [0.4, 0.5) is 18.9 Å². The second-order valence-electron chi connectivity index (χ2n) is 6.47. The molecule has 1 heterocycles. The summed E-state index contributed by atoms with van der Waals surface area (Å²) in [4.78, 5) is 24.0. The summed E-state index contributed by atoms with van der Waals surface area (Å²) in [6.45, 7) is 3.40. The van der Waals surface area contributed by atoms with Crippen LogP contribution in [0.25, 0.3) is 11.0 Å². The zero-order valence-corrected chi connectivity index (χ0v) is 15.7. The van der Waals surface area contributed by atoms with E-state index in [4.69, 9.17) is 9.15 Å². The number of hydrogen-bond donors (Lipinski definition) is 1. The van der Waals surface area contributed by atoms with Gasteiger partial charge in [0.05, 0.1) is 5.69 Å². The average Bonchev–Trinajstić information content (AvgIpc) is 2.68. The largest absolute Gasteiger partial charge is 0.481 e. The summed E-state index contributed by atoms with van der Waals surface area (Å²) in [7, 11) is 0. The van der Waals surface area contributed by atoms with E-state index < -0.39 is 40.8 Å². The Kier molecular flexibility index (Phi) is 5.91. The Labute approximate surface area is 164 Å². The molecule has 1 N–H and O–H groups in total. The molecule has 0 spiro atoms. The van der Waals surface area contributed by atoms with Gasteiger partial charge in [-0.25, -0.2) is 18.0 Å². The molecule has 0 fully saturated rings. The average molecular weight is 405 g/mol. The van der Waals surface area contributed by atoms with E-state index in [1.807, 2.05) is 6.92 Å². The summed E-state index contributed by atoms with van der Waals surface area (Å²) >= 11 is 0. The van der Waals surface area contributed by atoms with Crippen LogP contribution < -0.4 is 15.7 Å². The fourth-order valence-corrected chi connectivity index (χ4v) is 2.87. The summed E-state index contributed by atoms with van der Waals surface area (Å²) in [6.07, 6.45) is 0.473. The van der Waals surface area contributed by atoms with E-state index in [2.05, 4.69) is 5.32 Å². The molecule has 0 bridgehead atoms. The van der Waals surface area contributed by atoms with Crippen LogP contribution in [0, 0.1) is 17.5 Å². The molecule has 1 atom stereocenters. The molecule has 0 saturated heterocycles. The van der Waals surface area contributed by atoms with Crippen molar-refractivity contribution in [2.75, 3.05) is 5.32 Å². The van der Waals surface area contributed by atoms with Crippen molar-refractivity contribution >= 4 is 22.6 Å². The van der Waals surface area contributed by atoms with Crippen molar-refractivity contribution in [2.45, 2.75) is 32.8 Å². The number of halogens is 3. The number of ether oxygens (including phenoxy) is 1. The molecule has 0 aliphatic heterocycles. The smallest absolute Gasteiger partial charge is 0.336 e. The number of aryl methyl sites for hydroxylation is 1. The molecule has 5 nitrogen and oxygen atoms in total. The standard InChI is InChI=1S/C21H18F3NO4/c1-3-4-12-9-18(26)29-17-10-13(5-6-14(12)17)28-11(2)21(27)25-16-8-7-15(22)19(23)20(16)24/h5-11H,3-4H2,1-2H3,(H,25,27)/t11-/m0/s1. The van der Waals surface area contributed by atoms with Gasteiger partial charge in [-0.2, -0.15) is 0 Å². The van der Waals surface area contributed by atoms with Gasteiger partial charge in [-0.3, -0.25) is 4.79 Å². The number of carbonyl (C=O) groups excluding carboxylic acids is 1. The summed E-state index contributed by atoms with van der Waals surface area (Å²) in [5.41, 5.74) is 0.179. The van der Waals surface area contributed by atoms with Crippen molar-refractivity contribution in [3.05, 3.63) is 69.8 Å². The van der Waals surface area contributed by atoms with Gasteiger partial charge in [0.1, 0.15) is 11.3 Å². The van der Waals surface area contributed by atoms with E-state index >= 15 is 0 Å². The van der Waals surface area contributed by atoms with Crippen LogP contribution in [0.15, 0.2) is 45.6 Å². The first kappa shape index (κ1) is 20.4. The van der Waals surface area contributed by atoms with Crippen molar-refractivity contribution in [3.8, 4) is 5.75 Å². The summed E-state index contributed by atoms with van der Waals surface area (Å²) < 4.78 is 50.7. The first-order valence-corrected chi connectivity index (χ1v) is 8.98. The number of amides is 1. The van der Waals surface area contributed by atoms with E-state index in [1.54, 1.807) is 12.1 Å². The second kappa shape index (κ2) is 8.38. The lowest BCUT2D eigenvalue weighted by atomic mass is 10.1. The predicted octanol–water partition coefficient (Wildman–Crippen LogP) is 4.57. The molecule has 3 rings (SSSR count). The van der Waals surface area contributed by atoms with Crippen LogP contribution in [-0.2, 0) is 11.2 Å². The Bertz CT molecular complexity index is 1130. The molecular formula is C21H18F3NO4. The minimum absolute atomic E-state index is 0.253. The van der Waals surface area contributed by atoms with Gasteiger partial charge in [0.15, 0.2) is 23.6 Å². The van der Waals surface area contributed by atoms with E-state index in [-0.39, 0.29) is 5.75 Å². The van der Waals surface area contributed by atoms with E-state index in [9.17, 15) is 22.8 Å². The first-order chi connectivity index (χ1) is 13.8.